The van der Waals surface area contributed by atoms with Crippen LogP contribution in [0.3, 0.4) is 0 Å². The smallest absolute Gasteiger partial charge is 0.331 e. The van der Waals surface area contributed by atoms with Gasteiger partial charge in [-0.2, -0.15) is 0 Å². The van der Waals surface area contributed by atoms with Gasteiger partial charge in [0.25, 0.3) is 5.91 Å². The van der Waals surface area contributed by atoms with Gasteiger partial charge in [-0.3, -0.25) is 4.79 Å². The molecule has 2 aromatic rings. The van der Waals surface area contributed by atoms with Crippen LogP contribution in [0.4, 0.5) is 0 Å². The summed E-state index contributed by atoms with van der Waals surface area (Å²) in [6, 6.07) is 15.4. The second kappa shape index (κ2) is 9.18. The monoisotopic (exact) mass is 401 g/mol. The number of amides is 1. The van der Waals surface area contributed by atoms with Gasteiger partial charge in [0.1, 0.15) is 0 Å². The predicted octanol–water partition coefficient (Wildman–Crippen LogP) is 3.97. The molecule has 0 unspecified atom stereocenters. The SMILES string of the molecule is Cc1ccccc1CN(C)C(=O)COC(=O)/C=C/c1ccc(Br)cc1. The molecule has 0 spiro atoms. The molecule has 130 valence electrons. The number of hydrogen-bond acceptors (Lipinski definition) is 3. The second-order valence-electron chi connectivity index (χ2n) is 5.67. The summed E-state index contributed by atoms with van der Waals surface area (Å²) in [4.78, 5) is 25.4. The highest BCUT2D eigenvalue weighted by Crippen LogP contribution is 2.12. The van der Waals surface area contributed by atoms with Gasteiger partial charge in [0, 0.05) is 24.1 Å². The zero-order valence-electron chi connectivity index (χ0n) is 14.2. The number of carbonyl (C=O) groups is 2. The van der Waals surface area contributed by atoms with E-state index in [2.05, 4.69) is 15.9 Å². The minimum Gasteiger partial charge on any atom is -0.452 e. The summed E-state index contributed by atoms with van der Waals surface area (Å²) in [5.41, 5.74) is 3.07. The standard InChI is InChI=1S/C20H20BrNO3/c1-15-5-3-4-6-17(15)13-22(2)19(23)14-25-20(24)12-9-16-7-10-18(21)11-8-16/h3-12H,13-14H2,1-2H3/b12-9+. The van der Waals surface area contributed by atoms with Crippen LogP contribution in [0.5, 0.6) is 0 Å². The molecule has 0 bridgehead atoms. The van der Waals surface area contributed by atoms with Gasteiger partial charge >= 0.3 is 5.97 Å². The zero-order valence-corrected chi connectivity index (χ0v) is 15.8. The molecule has 0 heterocycles. The van der Waals surface area contributed by atoms with Crippen LogP contribution in [0.2, 0.25) is 0 Å². The van der Waals surface area contributed by atoms with Gasteiger partial charge in [-0.1, -0.05) is 52.3 Å². The first-order valence-corrected chi connectivity index (χ1v) is 8.64. The molecule has 0 aliphatic heterocycles. The molecule has 0 aromatic heterocycles. The van der Waals surface area contributed by atoms with Crippen molar-refractivity contribution in [2.24, 2.45) is 0 Å². The van der Waals surface area contributed by atoms with E-state index in [9.17, 15) is 9.59 Å². The lowest BCUT2D eigenvalue weighted by atomic mass is 10.1. The summed E-state index contributed by atoms with van der Waals surface area (Å²) >= 11 is 3.35. The molecular formula is C20H20BrNO3. The van der Waals surface area contributed by atoms with Gasteiger partial charge in [0.2, 0.25) is 0 Å². The quantitative estimate of drug-likeness (QED) is 0.543. The van der Waals surface area contributed by atoms with Crippen LogP contribution in [-0.2, 0) is 20.9 Å². The highest BCUT2D eigenvalue weighted by Gasteiger charge is 2.12. The number of hydrogen-bond donors (Lipinski definition) is 0. The summed E-state index contributed by atoms with van der Waals surface area (Å²) in [6.45, 7) is 2.21. The average molecular weight is 402 g/mol. The van der Waals surface area contributed by atoms with E-state index < -0.39 is 5.97 Å². The van der Waals surface area contributed by atoms with Gasteiger partial charge in [0.05, 0.1) is 0 Å². The maximum Gasteiger partial charge on any atom is 0.331 e. The lowest BCUT2D eigenvalue weighted by molar-refractivity contribution is -0.147. The van der Waals surface area contributed by atoms with Crippen molar-refractivity contribution in [1.29, 1.82) is 0 Å². The molecule has 0 atom stereocenters. The molecular weight excluding hydrogens is 382 g/mol. The summed E-state index contributed by atoms with van der Waals surface area (Å²) in [5.74, 6) is -0.783. The predicted molar refractivity (Wildman–Crippen MR) is 102 cm³/mol. The Morgan fingerprint density at radius 3 is 2.48 bits per heavy atom. The van der Waals surface area contributed by atoms with Crippen molar-refractivity contribution in [3.63, 3.8) is 0 Å². The summed E-state index contributed by atoms with van der Waals surface area (Å²) in [5, 5.41) is 0. The molecule has 0 saturated heterocycles. The molecule has 0 aliphatic rings. The number of rotatable bonds is 6. The van der Waals surface area contributed by atoms with Crippen LogP contribution in [0.25, 0.3) is 6.08 Å². The Balaban J connectivity index is 1.81. The molecule has 0 radical (unpaired) electrons. The van der Waals surface area contributed by atoms with Crippen LogP contribution in [0.1, 0.15) is 16.7 Å². The third-order valence-corrected chi connectivity index (χ3v) is 4.24. The fourth-order valence-corrected chi connectivity index (χ4v) is 2.42. The molecule has 0 fully saturated rings. The first-order valence-electron chi connectivity index (χ1n) is 7.84. The molecule has 5 heteroatoms. The van der Waals surface area contributed by atoms with E-state index in [4.69, 9.17) is 4.74 Å². The fourth-order valence-electron chi connectivity index (χ4n) is 2.16. The summed E-state index contributed by atoms with van der Waals surface area (Å²) in [6.07, 6.45) is 2.97. The molecule has 25 heavy (non-hydrogen) atoms. The third-order valence-electron chi connectivity index (χ3n) is 3.71. The lowest BCUT2D eigenvalue weighted by Crippen LogP contribution is -2.30. The first kappa shape index (κ1) is 18.9. The molecule has 2 rings (SSSR count). The fraction of sp³-hybridized carbons (Fsp3) is 0.200. The van der Waals surface area contributed by atoms with E-state index in [1.54, 1.807) is 18.0 Å². The van der Waals surface area contributed by atoms with E-state index in [-0.39, 0.29) is 12.5 Å². The minimum atomic E-state index is -0.541. The van der Waals surface area contributed by atoms with Crippen LogP contribution < -0.4 is 0 Å². The van der Waals surface area contributed by atoms with Crippen LogP contribution in [0, 0.1) is 6.92 Å². The number of carbonyl (C=O) groups excluding carboxylic acids is 2. The lowest BCUT2D eigenvalue weighted by Gasteiger charge is -2.18. The topological polar surface area (TPSA) is 46.6 Å². The van der Waals surface area contributed by atoms with E-state index in [0.717, 1.165) is 21.2 Å². The molecule has 4 nitrogen and oxygen atoms in total. The first-order chi connectivity index (χ1) is 12.0. The Morgan fingerprint density at radius 2 is 1.80 bits per heavy atom. The van der Waals surface area contributed by atoms with Gasteiger partial charge in [0.15, 0.2) is 6.61 Å². The maximum absolute atomic E-state index is 12.1. The van der Waals surface area contributed by atoms with Crippen molar-refractivity contribution < 1.29 is 14.3 Å². The van der Waals surface area contributed by atoms with Crippen molar-refractivity contribution in [2.75, 3.05) is 13.7 Å². The maximum atomic E-state index is 12.1. The number of halogens is 1. The highest BCUT2D eigenvalue weighted by molar-refractivity contribution is 9.10. The van der Waals surface area contributed by atoms with Crippen LogP contribution in [0.15, 0.2) is 59.1 Å². The van der Waals surface area contributed by atoms with Crippen molar-refractivity contribution in [3.8, 4) is 0 Å². The number of ether oxygens (including phenoxy) is 1. The number of aryl methyl sites for hydroxylation is 1. The van der Waals surface area contributed by atoms with E-state index in [1.807, 2.05) is 55.5 Å². The van der Waals surface area contributed by atoms with Gasteiger partial charge in [-0.05, 0) is 41.8 Å². The van der Waals surface area contributed by atoms with E-state index >= 15 is 0 Å². The molecule has 2 aromatic carbocycles. The van der Waals surface area contributed by atoms with E-state index in [0.29, 0.717) is 6.54 Å². The van der Waals surface area contributed by atoms with Gasteiger partial charge in [-0.15, -0.1) is 0 Å². The molecule has 0 saturated carbocycles. The van der Waals surface area contributed by atoms with Gasteiger partial charge in [-0.25, -0.2) is 4.79 Å². The summed E-state index contributed by atoms with van der Waals surface area (Å²) < 4.78 is 5.98. The van der Waals surface area contributed by atoms with Crippen molar-refractivity contribution >= 4 is 33.9 Å². The van der Waals surface area contributed by atoms with Crippen LogP contribution in [-0.4, -0.2) is 30.4 Å². The Hall–Kier alpha value is -2.40. The van der Waals surface area contributed by atoms with Crippen LogP contribution >= 0.6 is 15.9 Å². The number of nitrogens with zero attached hydrogens (tertiary/aromatic N) is 1. The number of benzene rings is 2. The Kier molecular flexibility index (Phi) is 6.95. The minimum absolute atomic E-state index is 0.242. The van der Waals surface area contributed by atoms with Crippen molar-refractivity contribution in [1.82, 2.24) is 4.90 Å². The second-order valence-corrected chi connectivity index (χ2v) is 6.58. The largest absolute Gasteiger partial charge is 0.452 e. The number of likely N-dealkylation sites (N-methyl/N-ethyl adjacent to an activating group) is 1. The zero-order chi connectivity index (χ0) is 18.2. The third kappa shape index (κ3) is 6.19. The molecule has 0 N–H and O–H groups in total. The van der Waals surface area contributed by atoms with Crippen molar-refractivity contribution in [3.05, 3.63) is 75.8 Å². The molecule has 0 aliphatic carbocycles. The Bertz CT molecular complexity index is 769. The normalized spacial score (nSPS) is 10.7. The average Bonchev–Trinajstić information content (AvgIpc) is 2.61. The van der Waals surface area contributed by atoms with Crippen molar-refractivity contribution in [2.45, 2.75) is 13.5 Å². The summed E-state index contributed by atoms with van der Waals surface area (Å²) in [7, 11) is 1.69. The molecule has 1 amide bonds. The Morgan fingerprint density at radius 1 is 1.12 bits per heavy atom. The van der Waals surface area contributed by atoms with Gasteiger partial charge < -0.3 is 9.64 Å². The Labute approximate surface area is 156 Å². The van der Waals surface area contributed by atoms with E-state index in [1.165, 1.54) is 6.08 Å². The highest BCUT2D eigenvalue weighted by atomic mass is 79.9. The number of esters is 1.